The zero-order chi connectivity index (χ0) is 18.8. The van der Waals surface area contributed by atoms with Gasteiger partial charge in [0.25, 0.3) is 5.91 Å². The van der Waals surface area contributed by atoms with Crippen molar-refractivity contribution in [3.05, 3.63) is 65.6 Å². The molecule has 1 aromatic heterocycles. The number of hydrogen-bond donors (Lipinski definition) is 2. The zero-order valence-electron chi connectivity index (χ0n) is 14.9. The number of aromatic nitrogens is 2. The highest BCUT2D eigenvalue weighted by atomic mass is 16.7. The van der Waals surface area contributed by atoms with E-state index in [2.05, 4.69) is 20.6 Å². The first-order valence-corrected chi connectivity index (χ1v) is 8.46. The first kappa shape index (κ1) is 16.8. The molecular weight excluding hydrogens is 344 g/mol. The molecule has 136 valence electrons. The van der Waals surface area contributed by atoms with Gasteiger partial charge in [-0.15, -0.1) is 0 Å². The van der Waals surface area contributed by atoms with Crippen LogP contribution >= 0.6 is 0 Å². The topological polar surface area (TPSA) is 85.4 Å². The number of nitrogens with one attached hydrogen (secondary N) is 2. The Kier molecular flexibility index (Phi) is 4.33. The minimum Gasteiger partial charge on any atom is -0.454 e. The summed E-state index contributed by atoms with van der Waals surface area (Å²) in [7, 11) is 0. The van der Waals surface area contributed by atoms with Gasteiger partial charge in [-0.3, -0.25) is 4.79 Å². The van der Waals surface area contributed by atoms with Gasteiger partial charge in [-0.2, -0.15) is 0 Å². The number of rotatable bonds is 4. The predicted octanol–water partition coefficient (Wildman–Crippen LogP) is 3.82. The molecule has 0 unspecified atom stereocenters. The van der Waals surface area contributed by atoms with E-state index in [9.17, 15) is 4.79 Å². The molecule has 0 atom stereocenters. The van der Waals surface area contributed by atoms with Crippen LogP contribution in [-0.4, -0.2) is 22.7 Å². The van der Waals surface area contributed by atoms with Gasteiger partial charge < -0.3 is 20.1 Å². The van der Waals surface area contributed by atoms with Gasteiger partial charge in [0.2, 0.25) is 6.79 Å². The standard InChI is InChI=1S/C20H18N4O3/c1-12-4-3-5-15(13(12)2)24-19-9-16(21-10-22-19)20(25)23-14-6-7-17-18(8-14)27-11-26-17/h3-10H,11H2,1-2H3,(H,23,25)(H,21,22,24). The van der Waals surface area contributed by atoms with Crippen LogP contribution in [0.1, 0.15) is 21.6 Å². The molecule has 2 heterocycles. The minimum absolute atomic E-state index is 0.187. The quantitative estimate of drug-likeness (QED) is 0.734. The summed E-state index contributed by atoms with van der Waals surface area (Å²) in [6, 6.07) is 12.8. The number of fused-ring (bicyclic) bond motifs is 1. The van der Waals surface area contributed by atoms with Crippen LogP contribution in [0.15, 0.2) is 48.8 Å². The lowest BCUT2D eigenvalue weighted by Gasteiger charge is -2.11. The maximum atomic E-state index is 12.5. The van der Waals surface area contributed by atoms with Crippen molar-refractivity contribution in [2.45, 2.75) is 13.8 Å². The molecule has 0 saturated carbocycles. The molecule has 0 spiro atoms. The van der Waals surface area contributed by atoms with Crippen molar-refractivity contribution in [3.63, 3.8) is 0 Å². The summed E-state index contributed by atoms with van der Waals surface area (Å²) in [6.45, 7) is 4.27. The fraction of sp³-hybridized carbons (Fsp3) is 0.150. The minimum atomic E-state index is -0.333. The van der Waals surface area contributed by atoms with Gasteiger partial charge in [0.15, 0.2) is 11.5 Å². The van der Waals surface area contributed by atoms with Crippen LogP contribution in [0.3, 0.4) is 0 Å². The van der Waals surface area contributed by atoms with Crippen molar-refractivity contribution in [1.29, 1.82) is 0 Å². The van der Waals surface area contributed by atoms with Crippen molar-refractivity contribution in [3.8, 4) is 11.5 Å². The van der Waals surface area contributed by atoms with Gasteiger partial charge in [0.05, 0.1) is 0 Å². The molecular formula is C20H18N4O3. The molecule has 2 N–H and O–H groups in total. The summed E-state index contributed by atoms with van der Waals surface area (Å²) in [5.74, 6) is 1.48. The average molecular weight is 362 g/mol. The second-order valence-electron chi connectivity index (χ2n) is 6.18. The summed E-state index contributed by atoms with van der Waals surface area (Å²) >= 11 is 0. The number of ether oxygens (including phenoxy) is 2. The van der Waals surface area contributed by atoms with Crippen molar-refractivity contribution < 1.29 is 14.3 Å². The van der Waals surface area contributed by atoms with Gasteiger partial charge in [-0.05, 0) is 43.2 Å². The van der Waals surface area contributed by atoms with E-state index in [0.29, 0.717) is 23.0 Å². The van der Waals surface area contributed by atoms with Crippen LogP contribution in [0.5, 0.6) is 11.5 Å². The lowest BCUT2D eigenvalue weighted by molar-refractivity contribution is 0.102. The SMILES string of the molecule is Cc1cccc(Nc2cc(C(=O)Nc3ccc4c(c3)OCO4)ncn2)c1C. The van der Waals surface area contributed by atoms with Crippen molar-refractivity contribution in [2.24, 2.45) is 0 Å². The molecule has 2 aromatic carbocycles. The average Bonchev–Trinajstić information content (AvgIpc) is 3.13. The Morgan fingerprint density at radius 2 is 1.89 bits per heavy atom. The van der Waals surface area contributed by atoms with Gasteiger partial charge in [-0.1, -0.05) is 12.1 Å². The Bertz CT molecular complexity index is 1020. The molecule has 0 saturated heterocycles. The van der Waals surface area contributed by atoms with E-state index in [-0.39, 0.29) is 18.4 Å². The number of carbonyl (C=O) groups is 1. The Hall–Kier alpha value is -3.61. The Balaban J connectivity index is 1.51. The fourth-order valence-corrected chi connectivity index (χ4v) is 2.74. The maximum Gasteiger partial charge on any atom is 0.274 e. The van der Waals surface area contributed by atoms with Gasteiger partial charge in [0.1, 0.15) is 17.8 Å². The van der Waals surface area contributed by atoms with E-state index in [4.69, 9.17) is 9.47 Å². The molecule has 7 heteroatoms. The Morgan fingerprint density at radius 3 is 2.78 bits per heavy atom. The third kappa shape index (κ3) is 3.52. The summed E-state index contributed by atoms with van der Waals surface area (Å²) in [5, 5.41) is 6.05. The summed E-state index contributed by atoms with van der Waals surface area (Å²) in [5.41, 5.74) is 4.11. The number of benzene rings is 2. The van der Waals surface area contributed by atoms with E-state index in [1.807, 2.05) is 32.0 Å². The third-order valence-electron chi connectivity index (χ3n) is 4.40. The maximum absolute atomic E-state index is 12.5. The van der Waals surface area contributed by atoms with E-state index < -0.39 is 0 Å². The fourth-order valence-electron chi connectivity index (χ4n) is 2.74. The predicted molar refractivity (Wildman–Crippen MR) is 102 cm³/mol. The van der Waals surface area contributed by atoms with Crippen LogP contribution < -0.4 is 20.1 Å². The second-order valence-corrected chi connectivity index (χ2v) is 6.18. The lowest BCUT2D eigenvalue weighted by atomic mass is 10.1. The van der Waals surface area contributed by atoms with E-state index in [1.165, 1.54) is 11.9 Å². The van der Waals surface area contributed by atoms with E-state index in [0.717, 1.165) is 11.3 Å². The molecule has 0 bridgehead atoms. The molecule has 1 aliphatic rings. The highest BCUT2D eigenvalue weighted by Crippen LogP contribution is 2.34. The second kappa shape index (κ2) is 6.95. The van der Waals surface area contributed by atoms with Crippen molar-refractivity contribution in [1.82, 2.24) is 9.97 Å². The Morgan fingerprint density at radius 1 is 1.04 bits per heavy atom. The van der Waals surface area contributed by atoms with Crippen molar-refractivity contribution in [2.75, 3.05) is 17.4 Å². The molecule has 1 aliphatic heterocycles. The summed E-state index contributed by atoms with van der Waals surface area (Å²) in [4.78, 5) is 20.8. The Labute approximate surface area is 156 Å². The first-order valence-electron chi connectivity index (χ1n) is 8.46. The molecule has 7 nitrogen and oxygen atoms in total. The smallest absolute Gasteiger partial charge is 0.274 e. The van der Waals surface area contributed by atoms with E-state index in [1.54, 1.807) is 24.3 Å². The molecule has 3 aromatic rings. The van der Waals surface area contributed by atoms with Crippen LogP contribution in [0, 0.1) is 13.8 Å². The van der Waals surface area contributed by atoms with Crippen LogP contribution in [0.25, 0.3) is 0 Å². The first-order chi connectivity index (χ1) is 13.1. The highest BCUT2D eigenvalue weighted by molar-refractivity contribution is 6.03. The number of hydrogen-bond acceptors (Lipinski definition) is 6. The van der Waals surface area contributed by atoms with Crippen LogP contribution in [-0.2, 0) is 0 Å². The third-order valence-corrected chi connectivity index (χ3v) is 4.40. The van der Waals surface area contributed by atoms with Crippen molar-refractivity contribution >= 4 is 23.1 Å². The number of carbonyl (C=O) groups excluding carboxylic acids is 1. The van der Waals surface area contributed by atoms with E-state index >= 15 is 0 Å². The summed E-state index contributed by atoms with van der Waals surface area (Å²) in [6.07, 6.45) is 1.36. The zero-order valence-corrected chi connectivity index (χ0v) is 14.9. The number of anilines is 3. The number of amides is 1. The highest BCUT2D eigenvalue weighted by Gasteiger charge is 2.15. The monoisotopic (exact) mass is 362 g/mol. The van der Waals surface area contributed by atoms with Gasteiger partial charge >= 0.3 is 0 Å². The largest absolute Gasteiger partial charge is 0.454 e. The molecule has 0 radical (unpaired) electrons. The molecule has 27 heavy (non-hydrogen) atoms. The van der Waals surface area contributed by atoms with Gasteiger partial charge in [0, 0.05) is 23.5 Å². The number of nitrogens with zero attached hydrogens (tertiary/aromatic N) is 2. The van der Waals surface area contributed by atoms with Gasteiger partial charge in [-0.25, -0.2) is 9.97 Å². The van der Waals surface area contributed by atoms with Crippen LogP contribution in [0.4, 0.5) is 17.2 Å². The molecule has 0 fully saturated rings. The molecule has 4 rings (SSSR count). The lowest BCUT2D eigenvalue weighted by Crippen LogP contribution is -2.14. The number of aryl methyl sites for hydroxylation is 1. The molecule has 1 amide bonds. The van der Waals surface area contributed by atoms with Crippen LogP contribution in [0.2, 0.25) is 0 Å². The summed E-state index contributed by atoms with van der Waals surface area (Å²) < 4.78 is 10.6. The normalized spacial score (nSPS) is 11.9. The molecule has 0 aliphatic carbocycles.